The van der Waals surface area contributed by atoms with Crippen LogP contribution in [0.3, 0.4) is 0 Å². The number of rotatable bonds is 5. The summed E-state index contributed by atoms with van der Waals surface area (Å²) in [5.74, 6) is -1.36. The fourth-order valence-corrected chi connectivity index (χ4v) is 2.51. The number of hydrogen-bond acceptors (Lipinski definition) is 2. The number of nitrogens with one attached hydrogen (secondary N) is 2. The van der Waals surface area contributed by atoms with Gasteiger partial charge in [0.05, 0.1) is 12.2 Å². The molecule has 3 aromatic rings. The van der Waals surface area contributed by atoms with Gasteiger partial charge in [0, 0.05) is 24.4 Å². The van der Waals surface area contributed by atoms with Gasteiger partial charge in [0.25, 0.3) is 0 Å². The molecular weight excluding hydrogens is 338 g/mol. The van der Waals surface area contributed by atoms with Crippen LogP contribution >= 0.6 is 0 Å². The largest absolute Gasteiger partial charge is 0.334 e. The summed E-state index contributed by atoms with van der Waals surface area (Å²) >= 11 is 0. The van der Waals surface area contributed by atoms with Crippen molar-refractivity contribution < 1.29 is 13.6 Å². The molecule has 1 atom stereocenters. The van der Waals surface area contributed by atoms with Crippen LogP contribution in [0.25, 0.3) is 5.69 Å². The van der Waals surface area contributed by atoms with Gasteiger partial charge in [-0.15, -0.1) is 0 Å². The van der Waals surface area contributed by atoms with Gasteiger partial charge in [-0.25, -0.2) is 18.3 Å². The van der Waals surface area contributed by atoms with Gasteiger partial charge < -0.3 is 10.6 Å². The van der Waals surface area contributed by atoms with Crippen molar-refractivity contribution in [3.05, 3.63) is 83.7 Å². The lowest BCUT2D eigenvalue weighted by atomic mass is 10.1. The first-order chi connectivity index (χ1) is 12.5. The van der Waals surface area contributed by atoms with Crippen LogP contribution in [0.5, 0.6) is 0 Å². The molecule has 2 amide bonds. The Morgan fingerprint density at radius 1 is 1.19 bits per heavy atom. The molecule has 5 nitrogen and oxygen atoms in total. The fraction of sp³-hybridized carbons (Fsp3) is 0.158. The Balaban J connectivity index is 1.57. The Kier molecular flexibility index (Phi) is 5.26. The number of urea groups is 1. The number of nitrogens with zero attached hydrogens (tertiary/aromatic N) is 2. The second-order valence-corrected chi connectivity index (χ2v) is 5.85. The van der Waals surface area contributed by atoms with E-state index in [0.717, 1.165) is 17.7 Å². The molecule has 3 rings (SSSR count). The average Bonchev–Trinajstić information content (AvgIpc) is 3.09. The maximum atomic E-state index is 13.8. The van der Waals surface area contributed by atoms with Crippen LogP contribution in [0.4, 0.5) is 13.6 Å². The second-order valence-electron chi connectivity index (χ2n) is 5.85. The summed E-state index contributed by atoms with van der Waals surface area (Å²) in [4.78, 5) is 12.0. The molecule has 7 heteroatoms. The second kappa shape index (κ2) is 7.77. The van der Waals surface area contributed by atoms with Crippen LogP contribution in [-0.4, -0.2) is 15.8 Å². The standard InChI is InChI=1S/C19H18F2N4O/c1-13(15-5-3-2-4-6-15)24-19(26)22-10-14-11-23-25(12-14)18-8-7-16(20)9-17(18)21/h2-9,11-13H,10H2,1H3,(H2,22,24,26). The van der Waals surface area contributed by atoms with E-state index in [2.05, 4.69) is 15.7 Å². The zero-order chi connectivity index (χ0) is 18.5. The average molecular weight is 356 g/mol. The quantitative estimate of drug-likeness (QED) is 0.732. The number of carbonyl (C=O) groups excluding carboxylic acids is 1. The molecule has 0 bridgehead atoms. The Bertz CT molecular complexity index is 896. The Labute approximate surface area is 149 Å². The minimum atomic E-state index is -0.706. The van der Waals surface area contributed by atoms with Gasteiger partial charge in [-0.3, -0.25) is 0 Å². The van der Waals surface area contributed by atoms with Gasteiger partial charge in [-0.2, -0.15) is 5.10 Å². The molecule has 0 radical (unpaired) electrons. The third kappa shape index (κ3) is 4.24. The van der Waals surface area contributed by atoms with Gasteiger partial charge in [0.2, 0.25) is 0 Å². The third-order valence-electron chi connectivity index (χ3n) is 3.89. The predicted molar refractivity (Wildman–Crippen MR) is 93.7 cm³/mol. The van der Waals surface area contributed by atoms with Crippen molar-refractivity contribution in [2.24, 2.45) is 0 Å². The monoisotopic (exact) mass is 356 g/mol. The van der Waals surface area contributed by atoms with Crippen LogP contribution in [-0.2, 0) is 6.54 Å². The molecule has 0 aliphatic heterocycles. The molecular formula is C19H18F2N4O. The van der Waals surface area contributed by atoms with Gasteiger partial charge in [0.15, 0.2) is 5.82 Å². The maximum absolute atomic E-state index is 13.8. The van der Waals surface area contributed by atoms with Crippen molar-refractivity contribution in [3.8, 4) is 5.69 Å². The topological polar surface area (TPSA) is 59.0 Å². The first-order valence-electron chi connectivity index (χ1n) is 8.11. The van der Waals surface area contributed by atoms with E-state index in [1.165, 1.54) is 16.9 Å². The molecule has 0 saturated heterocycles. The minimum Gasteiger partial charge on any atom is -0.334 e. The zero-order valence-corrected chi connectivity index (χ0v) is 14.1. The lowest BCUT2D eigenvalue weighted by molar-refractivity contribution is 0.237. The first kappa shape index (κ1) is 17.6. The SMILES string of the molecule is CC(NC(=O)NCc1cnn(-c2ccc(F)cc2F)c1)c1ccccc1. The van der Waals surface area contributed by atoms with E-state index >= 15 is 0 Å². The van der Waals surface area contributed by atoms with Gasteiger partial charge in [-0.05, 0) is 24.6 Å². The molecule has 1 unspecified atom stereocenters. The van der Waals surface area contributed by atoms with E-state index in [1.54, 1.807) is 6.20 Å². The van der Waals surface area contributed by atoms with E-state index in [1.807, 2.05) is 37.3 Å². The number of amides is 2. The third-order valence-corrected chi connectivity index (χ3v) is 3.89. The highest BCUT2D eigenvalue weighted by Gasteiger charge is 2.10. The van der Waals surface area contributed by atoms with Crippen LogP contribution in [0, 0.1) is 11.6 Å². The molecule has 0 fully saturated rings. The number of carbonyl (C=O) groups is 1. The maximum Gasteiger partial charge on any atom is 0.315 e. The summed E-state index contributed by atoms with van der Waals surface area (Å²) in [6.45, 7) is 2.13. The van der Waals surface area contributed by atoms with Crippen molar-refractivity contribution in [1.82, 2.24) is 20.4 Å². The van der Waals surface area contributed by atoms with E-state index in [4.69, 9.17) is 0 Å². The van der Waals surface area contributed by atoms with Crippen LogP contribution < -0.4 is 10.6 Å². The van der Waals surface area contributed by atoms with E-state index in [9.17, 15) is 13.6 Å². The summed E-state index contributed by atoms with van der Waals surface area (Å²) < 4.78 is 28.1. The molecule has 1 aromatic heterocycles. The molecule has 0 saturated carbocycles. The van der Waals surface area contributed by atoms with Crippen LogP contribution in [0.2, 0.25) is 0 Å². The summed E-state index contributed by atoms with van der Waals surface area (Å²) in [7, 11) is 0. The lowest BCUT2D eigenvalue weighted by Gasteiger charge is -2.14. The van der Waals surface area contributed by atoms with Crippen LogP contribution in [0.15, 0.2) is 60.9 Å². The highest BCUT2D eigenvalue weighted by atomic mass is 19.1. The molecule has 0 aliphatic rings. The molecule has 134 valence electrons. The molecule has 0 spiro atoms. The fourth-order valence-electron chi connectivity index (χ4n) is 2.51. The summed E-state index contributed by atoms with van der Waals surface area (Å²) in [5, 5.41) is 9.62. The highest BCUT2D eigenvalue weighted by molar-refractivity contribution is 5.74. The van der Waals surface area contributed by atoms with E-state index in [0.29, 0.717) is 5.56 Å². The highest BCUT2D eigenvalue weighted by Crippen LogP contribution is 2.15. The van der Waals surface area contributed by atoms with Gasteiger partial charge >= 0.3 is 6.03 Å². The van der Waals surface area contributed by atoms with Gasteiger partial charge in [0.1, 0.15) is 11.5 Å². The number of hydrogen-bond donors (Lipinski definition) is 2. The Morgan fingerprint density at radius 2 is 1.96 bits per heavy atom. The molecule has 2 aromatic carbocycles. The van der Waals surface area contributed by atoms with Crippen LogP contribution in [0.1, 0.15) is 24.1 Å². The van der Waals surface area contributed by atoms with Crippen molar-refractivity contribution in [1.29, 1.82) is 0 Å². The van der Waals surface area contributed by atoms with Crippen molar-refractivity contribution in [3.63, 3.8) is 0 Å². The number of benzene rings is 2. The molecule has 0 aliphatic carbocycles. The Morgan fingerprint density at radius 3 is 2.69 bits per heavy atom. The summed E-state index contributed by atoms with van der Waals surface area (Å²) in [6.07, 6.45) is 3.10. The first-order valence-corrected chi connectivity index (χ1v) is 8.11. The predicted octanol–water partition coefficient (Wildman–Crippen LogP) is 3.71. The smallest absolute Gasteiger partial charge is 0.315 e. The molecule has 2 N–H and O–H groups in total. The summed E-state index contributed by atoms with van der Waals surface area (Å²) in [5.41, 5.74) is 1.83. The van der Waals surface area contributed by atoms with Gasteiger partial charge in [-0.1, -0.05) is 30.3 Å². The Hall–Kier alpha value is -3.22. The van der Waals surface area contributed by atoms with E-state index in [-0.39, 0.29) is 24.3 Å². The molecule has 1 heterocycles. The van der Waals surface area contributed by atoms with Crippen molar-refractivity contribution in [2.45, 2.75) is 19.5 Å². The zero-order valence-electron chi connectivity index (χ0n) is 14.1. The normalized spacial score (nSPS) is 11.8. The molecule has 26 heavy (non-hydrogen) atoms. The minimum absolute atomic E-state index is 0.132. The van der Waals surface area contributed by atoms with Crippen molar-refractivity contribution >= 4 is 6.03 Å². The summed E-state index contributed by atoms with van der Waals surface area (Å²) in [6, 6.07) is 12.4. The number of halogens is 2. The number of aromatic nitrogens is 2. The van der Waals surface area contributed by atoms with E-state index < -0.39 is 11.6 Å². The van der Waals surface area contributed by atoms with Crippen molar-refractivity contribution in [2.75, 3.05) is 0 Å². The lowest BCUT2D eigenvalue weighted by Crippen LogP contribution is -2.36.